The van der Waals surface area contributed by atoms with E-state index in [4.69, 9.17) is 4.74 Å². The minimum Gasteiger partial charge on any atom is -0.480 e. The van der Waals surface area contributed by atoms with Gasteiger partial charge in [-0.2, -0.15) is 0 Å². The third-order valence-electron chi connectivity index (χ3n) is 5.29. The first-order valence-corrected chi connectivity index (χ1v) is 9.44. The van der Waals surface area contributed by atoms with Crippen LogP contribution in [0.2, 0.25) is 0 Å². The average Bonchev–Trinajstić information content (AvgIpc) is 3.14. The van der Waals surface area contributed by atoms with Gasteiger partial charge in [0.2, 0.25) is 5.95 Å². The van der Waals surface area contributed by atoms with Crippen LogP contribution in [0.1, 0.15) is 30.3 Å². The maximum absolute atomic E-state index is 12.7. The molecule has 9 heteroatoms. The van der Waals surface area contributed by atoms with Gasteiger partial charge in [-0.05, 0) is 31.9 Å². The number of carboxylic acid groups (broad SMARTS) is 1. The average molecular weight is 385 g/mol. The fourth-order valence-corrected chi connectivity index (χ4v) is 3.60. The Hall–Kier alpha value is -2.94. The van der Waals surface area contributed by atoms with Crippen molar-refractivity contribution in [2.45, 2.75) is 38.4 Å². The highest BCUT2D eigenvalue weighted by molar-refractivity contribution is 5.97. The van der Waals surface area contributed by atoms with E-state index in [0.717, 1.165) is 37.3 Å². The van der Waals surface area contributed by atoms with Crippen LogP contribution in [0.5, 0.6) is 0 Å². The van der Waals surface area contributed by atoms with Crippen molar-refractivity contribution in [1.29, 1.82) is 0 Å². The van der Waals surface area contributed by atoms with Crippen LogP contribution in [-0.4, -0.2) is 68.3 Å². The fraction of sp³-hybridized carbons (Fsp3) is 0.474. The van der Waals surface area contributed by atoms with Crippen LogP contribution in [0.25, 0.3) is 11.3 Å². The molecule has 1 amide bonds. The molecule has 2 aliphatic rings. The van der Waals surface area contributed by atoms with E-state index in [2.05, 4.69) is 15.3 Å². The number of rotatable bonds is 5. The molecule has 0 aliphatic carbocycles. The lowest BCUT2D eigenvalue weighted by Crippen LogP contribution is -2.48. The summed E-state index contributed by atoms with van der Waals surface area (Å²) >= 11 is 0. The Labute approximate surface area is 162 Å². The highest BCUT2D eigenvalue weighted by atomic mass is 16.5. The van der Waals surface area contributed by atoms with E-state index >= 15 is 0 Å². The first kappa shape index (κ1) is 18.4. The number of aliphatic carboxylic acids is 1. The van der Waals surface area contributed by atoms with Crippen LogP contribution in [0.3, 0.4) is 0 Å². The Kier molecular flexibility index (Phi) is 4.99. The topological polar surface area (TPSA) is 110 Å². The van der Waals surface area contributed by atoms with Gasteiger partial charge >= 0.3 is 5.97 Å². The van der Waals surface area contributed by atoms with Crippen molar-refractivity contribution >= 4 is 17.8 Å². The first-order valence-electron chi connectivity index (χ1n) is 9.44. The smallest absolute Gasteiger partial charge is 0.326 e. The summed E-state index contributed by atoms with van der Waals surface area (Å²) in [6.45, 7) is 3.91. The summed E-state index contributed by atoms with van der Waals surface area (Å²) < 4.78 is 7.23. The lowest BCUT2D eigenvalue weighted by Gasteiger charge is -2.31. The molecule has 0 spiro atoms. The van der Waals surface area contributed by atoms with Gasteiger partial charge in [-0.3, -0.25) is 4.79 Å². The lowest BCUT2D eigenvalue weighted by molar-refractivity contribution is -0.141. The van der Waals surface area contributed by atoms with Gasteiger partial charge in [0, 0.05) is 50.3 Å². The fourth-order valence-electron chi connectivity index (χ4n) is 3.60. The quantitative estimate of drug-likeness (QED) is 0.802. The predicted molar refractivity (Wildman–Crippen MR) is 101 cm³/mol. The molecule has 1 atom stereocenters. The van der Waals surface area contributed by atoms with Crippen molar-refractivity contribution in [3.05, 3.63) is 30.2 Å². The number of hydrogen-bond donors (Lipinski definition) is 2. The summed E-state index contributed by atoms with van der Waals surface area (Å²) in [4.78, 5) is 34.3. The number of hydrogen-bond acceptors (Lipinski definition) is 6. The number of amides is 1. The van der Waals surface area contributed by atoms with Gasteiger partial charge in [0.05, 0.1) is 5.69 Å². The van der Waals surface area contributed by atoms with E-state index in [0.29, 0.717) is 30.8 Å². The maximum atomic E-state index is 12.7. The largest absolute Gasteiger partial charge is 0.480 e. The highest BCUT2D eigenvalue weighted by Crippen LogP contribution is 2.25. The Morgan fingerprint density at radius 2 is 2.14 bits per heavy atom. The number of aromatic nitrogens is 3. The van der Waals surface area contributed by atoms with E-state index in [-0.39, 0.29) is 5.91 Å². The van der Waals surface area contributed by atoms with E-state index < -0.39 is 12.0 Å². The zero-order valence-corrected chi connectivity index (χ0v) is 15.7. The molecule has 2 aromatic heterocycles. The predicted octanol–water partition coefficient (Wildman–Crippen LogP) is 1.46. The second-order valence-electron chi connectivity index (χ2n) is 7.12. The first-order chi connectivity index (χ1) is 13.5. The Morgan fingerprint density at radius 1 is 1.36 bits per heavy atom. The van der Waals surface area contributed by atoms with Crippen molar-refractivity contribution in [2.75, 3.05) is 25.1 Å². The summed E-state index contributed by atoms with van der Waals surface area (Å²) in [5, 5.41) is 12.6. The summed E-state index contributed by atoms with van der Waals surface area (Å²) in [6, 6.07) is 3.01. The summed E-state index contributed by atoms with van der Waals surface area (Å²) in [5.41, 5.74) is 2.01. The lowest BCUT2D eigenvalue weighted by atomic mass is 10.1. The third kappa shape index (κ3) is 3.57. The Morgan fingerprint density at radius 3 is 2.89 bits per heavy atom. The summed E-state index contributed by atoms with van der Waals surface area (Å²) in [7, 11) is 0. The molecule has 1 saturated heterocycles. The number of ether oxygens (including phenoxy) is 1. The third-order valence-corrected chi connectivity index (χ3v) is 5.29. The molecule has 1 fully saturated rings. The van der Waals surface area contributed by atoms with Gasteiger partial charge in [0.1, 0.15) is 11.7 Å². The summed E-state index contributed by atoms with van der Waals surface area (Å²) in [6.07, 6.45) is 5.41. The zero-order chi connectivity index (χ0) is 19.7. The van der Waals surface area contributed by atoms with Crippen molar-refractivity contribution in [3.8, 4) is 11.3 Å². The molecule has 4 heterocycles. The molecule has 0 aromatic carbocycles. The van der Waals surface area contributed by atoms with E-state index in [1.165, 1.54) is 11.8 Å². The number of fused-ring (bicyclic) bond motifs is 1. The van der Waals surface area contributed by atoms with Gasteiger partial charge in [-0.15, -0.1) is 0 Å². The van der Waals surface area contributed by atoms with E-state index in [1.54, 1.807) is 18.3 Å². The normalized spacial score (nSPS) is 18.6. The van der Waals surface area contributed by atoms with Gasteiger partial charge in [0.15, 0.2) is 0 Å². The van der Waals surface area contributed by atoms with Crippen LogP contribution < -0.4 is 5.32 Å². The molecule has 28 heavy (non-hydrogen) atoms. The molecule has 1 unspecified atom stereocenters. The van der Waals surface area contributed by atoms with Crippen LogP contribution in [0, 0.1) is 0 Å². The molecular formula is C19H23N5O4. The van der Waals surface area contributed by atoms with Crippen molar-refractivity contribution in [3.63, 3.8) is 0 Å². The van der Waals surface area contributed by atoms with Crippen LogP contribution in [0.4, 0.5) is 5.95 Å². The molecule has 4 rings (SSSR count). The minimum absolute atomic E-state index is 0.276. The molecular weight excluding hydrogens is 362 g/mol. The van der Waals surface area contributed by atoms with Gasteiger partial charge in [0.25, 0.3) is 5.91 Å². The summed E-state index contributed by atoms with van der Waals surface area (Å²) in [5.74, 6) is -0.726. The van der Waals surface area contributed by atoms with Gasteiger partial charge in [-0.1, -0.05) is 0 Å². The molecule has 0 bridgehead atoms. The minimum atomic E-state index is -1.01. The number of nitrogens with zero attached hydrogens (tertiary/aromatic N) is 4. The van der Waals surface area contributed by atoms with Crippen molar-refractivity contribution in [2.24, 2.45) is 0 Å². The number of anilines is 1. The monoisotopic (exact) mass is 385 g/mol. The molecule has 148 valence electrons. The second kappa shape index (κ2) is 7.59. The number of carboxylic acids is 1. The highest BCUT2D eigenvalue weighted by Gasteiger charge is 2.32. The van der Waals surface area contributed by atoms with Gasteiger partial charge in [-0.25, -0.2) is 14.8 Å². The van der Waals surface area contributed by atoms with Crippen LogP contribution in [0.15, 0.2) is 24.5 Å². The SMILES string of the molecule is CC(C(=O)O)N1CCn2cc(-c3ccnc(NC4CCOCC4)n3)cc2C1=O. The van der Waals surface area contributed by atoms with Crippen molar-refractivity contribution < 1.29 is 19.4 Å². The molecule has 0 radical (unpaired) electrons. The van der Waals surface area contributed by atoms with E-state index in [9.17, 15) is 14.7 Å². The van der Waals surface area contributed by atoms with E-state index in [1.807, 2.05) is 10.8 Å². The molecule has 2 N–H and O–H groups in total. The number of carbonyl (C=O) groups excluding carboxylic acids is 1. The number of carbonyl (C=O) groups is 2. The Bertz CT molecular complexity index is 890. The van der Waals surface area contributed by atoms with Crippen LogP contribution in [-0.2, 0) is 16.1 Å². The maximum Gasteiger partial charge on any atom is 0.326 e. The second-order valence-corrected chi connectivity index (χ2v) is 7.12. The van der Waals surface area contributed by atoms with Crippen molar-refractivity contribution in [1.82, 2.24) is 19.4 Å². The zero-order valence-electron chi connectivity index (χ0n) is 15.7. The number of nitrogens with one attached hydrogen (secondary N) is 1. The molecule has 2 aromatic rings. The molecule has 2 aliphatic heterocycles. The standard InChI is InChI=1S/C19H23N5O4/c1-12(18(26)27)24-7-6-23-11-13(10-16(23)17(24)25)15-2-5-20-19(22-15)21-14-3-8-28-9-4-14/h2,5,10-12,14H,3-4,6-9H2,1H3,(H,26,27)(H,20,21,22). The van der Waals surface area contributed by atoms with Gasteiger partial charge < -0.3 is 24.6 Å². The Balaban J connectivity index is 1.55. The van der Waals surface area contributed by atoms with Crippen LogP contribution >= 0.6 is 0 Å². The molecule has 0 saturated carbocycles. The molecule has 9 nitrogen and oxygen atoms in total.